The Balaban J connectivity index is 1.95. The van der Waals surface area contributed by atoms with Gasteiger partial charge >= 0.3 is 0 Å². The average Bonchev–Trinajstić information content (AvgIpc) is 3.06. The molecule has 0 amide bonds. The first-order chi connectivity index (χ1) is 11.6. The summed E-state index contributed by atoms with van der Waals surface area (Å²) in [7, 11) is 0. The Kier molecular flexibility index (Phi) is 3.32. The molecule has 0 bridgehead atoms. The van der Waals surface area contributed by atoms with Crippen molar-refractivity contribution in [3.8, 4) is 0 Å². The molecular weight excluding hydrogens is 320 g/mol. The van der Waals surface area contributed by atoms with Crippen molar-refractivity contribution >= 4 is 39.7 Å². The summed E-state index contributed by atoms with van der Waals surface area (Å²) in [5, 5.41) is 0. The number of carbonyl (C=O) groups is 1. The molecule has 118 valence electrons. The molecule has 0 fully saturated rings. The summed E-state index contributed by atoms with van der Waals surface area (Å²) in [6, 6.07) is 11.2. The van der Waals surface area contributed by atoms with E-state index >= 15 is 0 Å². The van der Waals surface area contributed by atoms with Gasteiger partial charge < -0.3 is 0 Å². The molecule has 0 unspecified atom stereocenters. The number of thiazole rings is 1. The summed E-state index contributed by atoms with van der Waals surface area (Å²) in [6.07, 6.45) is 2.64. The zero-order valence-electron chi connectivity index (χ0n) is 13.2. The summed E-state index contributed by atoms with van der Waals surface area (Å²) in [5.41, 5.74) is 5.47. The second kappa shape index (κ2) is 5.39. The summed E-state index contributed by atoms with van der Waals surface area (Å²) in [4.78, 5) is 28.8. The Morgan fingerprint density at radius 2 is 1.71 bits per heavy atom. The lowest BCUT2D eigenvalue weighted by atomic mass is 10.1. The van der Waals surface area contributed by atoms with E-state index < -0.39 is 0 Å². The number of benzene rings is 2. The van der Waals surface area contributed by atoms with E-state index in [1.54, 1.807) is 16.5 Å². The highest BCUT2D eigenvalue weighted by molar-refractivity contribution is 7.15. The number of hydrogen-bond acceptors (Lipinski definition) is 4. The third-order valence-electron chi connectivity index (χ3n) is 4.22. The number of aryl methyl sites for hydroxylation is 2. The van der Waals surface area contributed by atoms with Gasteiger partial charge in [0.2, 0.25) is 0 Å². The van der Waals surface area contributed by atoms with Crippen LogP contribution in [0.15, 0.2) is 41.2 Å². The molecule has 24 heavy (non-hydrogen) atoms. The Bertz CT molecular complexity index is 1200. The van der Waals surface area contributed by atoms with Crippen LogP contribution in [0.3, 0.4) is 0 Å². The lowest BCUT2D eigenvalue weighted by molar-refractivity contribution is 0.112. The number of hydrogen-bond donors (Lipinski definition) is 0. The number of aldehydes is 1. The minimum atomic E-state index is -0.0554. The summed E-state index contributed by atoms with van der Waals surface area (Å²) < 4.78 is 2.31. The molecule has 0 N–H and O–H groups in total. The first-order valence-electron chi connectivity index (χ1n) is 7.56. The Hall–Kier alpha value is -2.79. The molecule has 4 rings (SSSR count). The maximum atomic E-state index is 12.8. The first kappa shape index (κ1) is 14.8. The van der Waals surface area contributed by atoms with Crippen molar-refractivity contribution in [3.05, 3.63) is 73.5 Å². The van der Waals surface area contributed by atoms with Crippen molar-refractivity contribution in [1.29, 1.82) is 0 Å². The van der Waals surface area contributed by atoms with Crippen molar-refractivity contribution in [3.63, 3.8) is 0 Å². The summed E-state index contributed by atoms with van der Waals surface area (Å²) >= 11 is 1.38. The summed E-state index contributed by atoms with van der Waals surface area (Å²) in [6.45, 7) is 4.08. The third kappa shape index (κ3) is 2.25. The topological polar surface area (TPSA) is 51.4 Å². The van der Waals surface area contributed by atoms with Crippen LogP contribution in [0.5, 0.6) is 0 Å². The largest absolute Gasteiger partial charge is 0.298 e. The van der Waals surface area contributed by atoms with Gasteiger partial charge in [-0.15, -0.1) is 0 Å². The van der Waals surface area contributed by atoms with Crippen molar-refractivity contribution in [2.75, 3.05) is 0 Å². The normalized spacial score (nSPS) is 12.3. The van der Waals surface area contributed by atoms with Gasteiger partial charge in [0.05, 0.1) is 15.6 Å². The maximum Gasteiger partial charge on any atom is 0.274 e. The molecule has 2 heterocycles. The minimum absolute atomic E-state index is 0.0554. The Morgan fingerprint density at radius 1 is 1.04 bits per heavy atom. The molecule has 4 nitrogen and oxygen atoms in total. The molecule has 0 saturated carbocycles. The molecule has 0 aliphatic carbocycles. The molecule has 2 aromatic carbocycles. The molecule has 0 aliphatic rings. The van der Waals surface area contributed by atoms with Gasteiger partial charge in [-0.2, -0.15) is 0 Å². The van der Waals surface area contributed by atoms with E-state index in [4.69, 9.17) is 0 Å². The van der Waals surface area contributed by atoms with E-state index in [1.165, 1.54) is 16.9 Å². The van der Waals surface area contributed by atoms with Crippen LogP contribution >= 0.6 is 11.3 Å². The van der Waals surface area contributed by atoms with Gasteiger partial charge in [-0.3, -0.25) is 9.59 Å². The van der Waals surface area contributed by atoms with Gasteiger partial charge in [0.25, 0.3) is 5.56 Å². The summed E-state index contributed by atoms with van der Waals surface area (Å²) in [5.74, 6) is 0. The van der Waals surface area contributed by atoms with Gasteiger partial charge in [-0.25, -0.2) is 9.38 Å². The minimum Gasteiger partial charge on any atom is -0.298 e. The molecule has 0 spiro atoms. The fourth-order valence-electron chi connectivity index (χ4n) is 2.74. The smallest absolute Gasteiger partial charge is 0.274 e. The van der Waals surface area contributed by atoms with Crippen molar-refractivity contribution in [2.45, 2.75) is 13.8 Å². The maximum absolute atomic E-state index is 12.8. The van der Waals surface area contributed by atoms with Crippen LogP contribution < -0.4 is 10.1 Å². The molecule has 0 aliphatic heterocycles. The van der Waals surface area contributed by atoms with E-state index in [-0.39, 0.29) is 5.56 Å². The Morgan fingerprint density at radius 3 is 2.42 bits per heavy atom. The van der Waals surface area contributed by atoms with E-state index in [9.17, 15) is 9.59 Å². The lowest BCUT2D eigenvalue weighted by Gasteiger charge is -1.98. The number of carbonyl (C=O) groups excluding carboxylic acids is 1. The van der Waals surface area contributed by atoms with Crippen LogP contribution in [0.4, 0.5) is 0 Å². The predicted molar refractivity (Wildman–Crippen MR) is 96.9 cm³/mol. The standard InChI is InChI=1S/C19H14N2O2S/c1-11-7-15-16(8-12(11)2)21-18(23)17(24-19(21)20-15)9-13-3-5-14(10-22)6-4-13/h3-10H,1-2H3/b17-9+. The van der Waals surface area contributed by atoms with Crippen LogP contribution in [0.1, 0.15) is 27.0 Å². The molecule has 4 aromatic rings. The molecule has 0 saturated heterocycles. The van der Waals surface area contributed by atoms with Crippen LogP contribution in [0.25, 0.3) is 22.1 Å². The van der Waals surface area contributed by atoms with Crippen LogP contribution in [-0.4, -0.2) is 15.7 Å². The fourth-order valence-corrected chi connectivity index (χ4v) is 3.73. The van der Waals surface area contributed by atoms with E-state index in [0.717, 1.165) is 28.4 Å². The van der Waals surface area contributed by atoms with Crippen LogP contribution in [-0.2, 0) is 0 Å². The van der Waals surface area contributed by atoms with Crippen LogP contribution in [0.2, 0.25) is 0 Å². The number of fused-ring (bicyclic) bond motifs is 3. The Labute approximate surface area is 141 Å². The van der Waals surface area contributed by atoms with E-state index in [2.05, 4.69) is 4.98 Å². The van der Waals surface area contributed by atoms with Crippen molar-refractivity contribution in [1.82, 2.24) is 9.38 Å². The zero-order chi connectivity index (χ0) is 16.8. The van der Waals surface area contributed by atoms with Crippen molar-refractivity contribution < 1.29 is 4.79 Å². The molecule has 5 heteroatoms. The third-order valence-corrected chi connectivity index (χ3v) is 5.19. The van der Waals surface area contributed by atoms with Gasteiger partial charge in [0.1, 0.15) is 6.29 Å². The second-order valence-electron chi connectivity index (χ2n) is 5.86. The second-order valence-corrected chi connectivity index (χ2v) is 6.86. The number of aromatic nitrogens is 2. The number of rotatable bonds is 2. The number of nitrogens with zero attached hydrogens (tertiary/aromatic N) is 2. The van der Waals surface area contributed by atoms with E-state index in [0.29, 0.717) is 15.1 Å². The highest BCUT2D eigenvalue weighted by atomic mass is 32.1. The molecule has 0 atom stereocenters. The molecule has 2 aromatic heterocycles. The zero-order valence-corrected chi connectivity index (χ0v) is 14.1. The highest BCUT2D eigenvalue weighted by Crippen LogP contribution is 2.20. The van der Waals surface area contributed by atoms with Gasteiger partial charge in [0.15, 0.2) is 4.96 Å². The van der Waals surface area contributed by atoms with E-state index in [1.807, 2.05) is 44.2 Å². The SMILES string of the molecule is Cc1cc2nc3s/c(=C/c4ccc(C=O)cc4)c(=O)n3c2cc1C. The lowest BCUT2D eigenvalue weighted by Crippen LogP contribution is -2.22. The van der Waals surface area contributed by atoms with Crippen molar-refractivity contribution in [2.24, 2.45) is 0 Å². The van der Waals surface area contributed by atoms with Gasteiger partial charge in [-0.05, 0) is 48.7 Å². The number of imidazole rings is 1. The van der Waals surface area contributed by atoms with Gasteiger partial charge in [-0.1, -0.05) is 35.6 Å². The monoisotopic (exact) mass is 334 g/mol. The highest BCUT2D eigenvalue weighted by Gasteiger charge is 2.12. The molecular formula is C19H14N2O2S. The fraction of sp³-hybridized carbons (Fsp3) is 0.105. The van der Waals surface area contributed by atoms with Crippen LogP contribution in [0, 0.1) is 13.8 Å². The van der Waals surface area contributed by atoms with Gasteiger partial charge in [0, 0.05) is 5.56 Å². The average molecular weight is 334 g/mol. The first-order valence-corrected chi connectivity index (χ1v) is 8.37. The molecule has 0 radical (unpaired) electrons. The quantitative estimate of drug-likeness (QED) is 0.530. The predicted octanol–water partition coefficient (Wildman–Crippen LogP) is 2.89.